The average molecular weight is 255 g/mol. The zero-order valence-corrected chi connectivity index (χ0v) is 10.3. The molecule has 3 rings (SSSR count). The molecule has 1 aliphatic heterocycles. The summed E-state index contributed by atoms with van der Waals surface area (Å²) in [5.41, 5.74) is 3.53. The fraction of sp³-hybridized carbons (Fsp3) is 0.214. The van der Waals surface area contributed by atoms with Crippen LogP contribution in [0.5, 0.6) is 0 Å². The molecule has 1 aliphatic rings. The molecule has 0 amide bonds. The van der Waals surface area contributed by atoms with Crippen molar-refractivity contribution in [1.29, 1.82) is 0 Å². The van der Waals surface area contributed by atoms with Crippen LogP contribution in [-0.2, 0) is 13.0 Å². The molecule has 0 atom stereocenters. The van der Waals surface area contributed by atoms with Gasteiger partial charge in [0.2, 0.25) is 0 Å². The van der Waals surface area contributed by atoms with Gasteiger partial charge in [0.25, 0.3) is 5.69 Å². The van der Waals surface area contributed by atoms with Crippen LogP contribution in [0, 0.1) is 10.1 Å². The van der Waals surface area contributed by atoms with Gasteiger partial charge < -0.3 is 4.90 Å². The maximum absolute atomic E-state index is 10.8. The Morgan fingerprint density at radius 1 is 1.37 bits per heavy atom. The van der Waals surface area contributed by atoms with Crippen molar-refractivity contribution in [3.8, 4) is 0 Å². The van der Waals surface area contributed by atoms with Crippen LogP contribution >= 0.6 is 0 Å². The maximum Gasteiger partial charge on any atom is 0.269 e. The highest BCUT2D eigenvalue weighted by atomic mass is 16.6. The number of non-ortho nitro benzene ring substituents is 1. The molecule has 0 unspecified atom stereocenters. The van der Waals surface area contributed by atoms with E-state index in [0.29, 0.717) is 6.54 Å². The third-order valence-corrected chi connectivity index (χ3v) is 3.36. The predicted molar refractivity (Wildman–Crippen MR) is 72.1 cm³/mol. The molecule has 19 heavy (non-hydrogen) atoms. The molecule has 5 heteroatoms. The zero-order chi connectivity index (χ0) is 13.2. The van der Waals surface area contributed by atoms with Crippen LogP contribution in [0.15, 0.2) is 42.7 Å². The van der Waals surface area contributed by atoms with Crippen LogP contribution in [0.3, 0.4) is 0 Å². The number of rotatable bonds is 3. The summed E-state index contributed by atoms with van der Waals surface area (Å²) >= 11 is 0. The summed E-state index contributed by atoms with van der Waals surface area (Å²) in [6.07, 6.45) is 4.66. The topological polar surface area (TPSA) is 59.3 Å². The van der Waals surface area contributed by atoms with Crippen molar-refractivity contribution in [1.82, 2.24) is 4.98 Å². The van der Waals surface area contributed by atoms with Crippen molar-refractivity contribution in [3.05, 3.63) is 64.0 Å². The van der Waals surface area contributed by atoms with Crippen LogP contribution in [0.4, 0.5) is 11.4 Å². The lowest BCUT2D eigenvalue weighted by Gasteiger charge is -2.19. The average Bonchev–Trinajstić information content (AvgIpc) is 2.83. The van der Waals surface area contributed by atoms with Crippen molar-refractivity contribution < 1.29 is 4.92 Å². The Morgan fingerprint density at radius 2 is 2.26 bits per heavy atom. The molecule has 0 saturated heterocycles. The van der Waals surface area contributed by atoms with Gasteiger partial charge in [-0.05, 0) is 23.6 Å². The minimum absolute atomic E-state index is 0.145. The minimum Gasteiger partial charge on any atom is -0.367 e. The number of nitrogens with zero attached hydrogens (tertiary/aromatic N) is 3. The van der Waals surface area contributed by atoms with Gasteiger partial charge >= 0.3 is 0 Å². The molecule has 0 saturated carbocycles. The summed E-state index contributed by atoms with van der Waals surface area (Å²) in [5.74, 6) is 0. The number of nitro groups is 1. The van der Waals surface area contributed by atoms with E-state index >= 15 is 0 Å². The normalized spacial score (nSPS) is 13.4. The van der Waals surface area contributed by atoms with E-state index in [-0.39, 0.29) is 10.6 Å². The first kappa shape index (κ1) is 11.6. The van der Waals surface area contributed by atoms with Gasteiger partial charge in [0.15, 0.2) is 0 Å². The monoisotopic (exact) mass is 255 g/mol. The second kappa shape index (κ2) is 4.68. The summed E-state index contributed by atoms with van der Waals surface area (Å²) in [4.78, 5) is 16.8. The highest BCUT2D eigenvalue weighted by Crippen LogP contribution is 2.28. The van der Waals surface area contributed by atoms with E-state index in [4.69, 9.17) is 0 Å². The molecular formula is C14H13N3O2. The summed E-state index contributed by atoms with van der Waals surface area (Å²) < 4.78 is 0. The lowest BCUT2D eigenvalue weighted by atomic mass is 10.2. The van der Waals surface area contributed by atoms with Gasteiger partial charge in [-0.25, -0.2) is 0 Å². The summed E-state index contributed by atoms with van der Waals surface area (Å²) in [5, 5.41) is 10.8. The Balaban J connectivity index is 1.83. The molecular weight excluding hydrogens is 242 g/mol. The van der Waals surface area contributed by atoms with Gasteiger partial charge in [-0.15, -0.1) is 0 Å². The van der Waals surface area contributed by atoms with E-state index in [9.17, 15) is 10.1 Å². The fourth-order valence-corrected chi connectivity index (χ4v) is 2.45. The summed E-state index contributed by atoms with van der Waals surface area (Å²) in [6, 6.07) is 8.81. The molecule has 0 radical (unpaired) electrons. The highest BCUT2D eigenvalue weighted by Gasteiger charge is 2.19. The number of hydrogen-bond donors (Lipinski definition) is 0. The molecule has 5 nitrogen and oxygen atoms in total. The van der Waals surface area contributed by atoms with Crippen LogP contribution in [-0.4, -0.2) is 16.5 Å². The molecule has 0 N–H and O–H groups in total. The Morgan fingerprint density at radius 3 is 3.11 bits per heavy atom. The standard InChI is InChI=1S/C14H13N3O2/c18-17(19)13-3-1-2-11(8-13)10-16-7-5-12-9-15-6-4-14(12)16/h1-4,6,8-9H,5,7,10H2. The number of anilines is 1. The van der Waals surface area contributed by atoms with Gasteiger partial charge in [-0.1, -0.05) is 12.1 Å². The molecule has 1 aromatic heterocycles. The van der Waals surface area contributed by atoms with Crippen LogP contribution in [0.25, 0.3) is 0 Å². The number of benzene rings is 1. The van der Waals surface area contributed by atoms with Crippen molar-refractivity contribution in [3.63, 3.8) is 0 Å². The molecule has 2 heterocycles. The molecule has 0 bridgehead atoms. The van der Waals surface area contributed by atoms with Crippen molar-refractivity contribution in [2.45, 2.75) is 13.0 Å². The second-order valence-corrected chi connectivity index (χ2v) is 4.60. The van der Waals surface area contributed by atoms with E-state index in [1.54, 1.807) is 18.3 Å². The Hall–Kier alpha value is -2.43. The minimum atomic E-state index is -0.356. The number of nitro benzene ring substituents is 1. The number of hydrogen-bond acceptors (Lipinski definition) is 4. The first-order valence-electron chi connectivity index (χ1n) is 6.15. The third kappa shape index (κ3) is 2.27. The molecule has 2 aromatic rings. The largest absolute Gasteiger partial charge is 0.367 e. The van der Waals surface area contributed by atoms with Gasteiger partial charge in [-0.3, -0.25) is 15.1 Å². The summed E-state index contributed by atoms with van der Waals surface area (Å²) in [6.45, 7) is 1.63. The Labute approximate surface area is 110 Å². The molecule has 0 fully saturated rings. The van der Waals surface area contributed by atoms with Crippen molar-refractivity contribution >= 4 is 11.4 Å². The molecule has 0 spiro atoms. The lowest BCUT2D eigenvalue weighted by molar-refractivity contribution is -0.384. The van der Waals surface area contributed by atoms with Crippen LogP contribution < -0.4 is 4.90 Å². The van der Waals surface area contributed by atoms with Gasteiger partial charge in [0.05, 0.1) is 4.92 Å². The van der Waals surface area contributed by atoms with E-state index in [0.717, 1.165) is 18.5 Å². The van der Waals surface area contributed by atoms with Gasteiger partial charge in [0.1, 0.15) is 0 Å². The second-order valence-electron chi connectivity index (χ2n) is 4.60. The van der Waals surface area contributed by atoms with Crippen molar-refractivity contribution in [2.24, 2.45) is 0 Å². The number of pyridine rings is 1. The number of aromatic nitrogens is 1. The first-order chi connectivity index (χ1) is 9.24. The van der Waals surface area contributed by atoms with E-state index < -0.39 is 0 Å². The molecule has 0 aliphatic carbocycles. The van der Waals surface area contributed by atoms with Crippen LogP contribution in [0.1, 0.15) is 11.1 Å². The van der Waals surface area contributed by atoms with Crippen LogP contribution in [0.2, 0.25) is 0 Å². The Kier molecular flexibility index (Phi) is 2.87. The quantitative estimate of drug-likeness (QED) is 0.624. The van der Waals surface area contributed by atoms with E-state index in [1.165, 1.54) is 17.3 Å². The number of fused-ring (bicyclic) bond motifs is 1. The zero-order valence-electron chi connectivity index (χ0n) is 10.3. The Bertz CT molecular complexity index is 628. The van der Waals surface area contributed by atoms with E-state index in [2.05, 4.69) is 9.88 Å². The highest BCUT2D eigenvalue weighted by molar-refractivity contribution is 5.57. The fourth-order valence-electron chi connectivity index (χ4n) is 2.45. The van der Waals surface area contributed by atoms with Crippen molar-refractivity contribution in [2.75, 3.05) is 11.4 Å². The first-order valence-corrected chi connectivity index (χ1v) is 6.15. The van der Waals surface area contributed by atoms with E-state index in [1.807, 2.05) is 18.3 Å². The van der Waals surface area contributed by atoms with Gasteiger partial charge in [0, 0.05) is 43.3 Å². The SMILES string of the molecule is O=[N+]([O-])c1cccc(CN2CCc3cnccc32)c1. The smallest absolute Gasteiger partial charge is 0.269 e. The molecule has 1 aromatic carbocycles. The summed E-state index contributed by atoms with van der Waals surface area (Å²) in [7, 11) is 0. The lowest BCUT2D eigenvalue weighted by Crippen LogP contribution is -2.19. The molecule has 96 valence electrons. The van der Waals surface area contributed by atoms with Gasteiger partial charge in [-0.2, -0.15) is 0 Å². The predicted octanol–water partition coefficient (Wildman–Crippen LogP) is 2.55. The maximum atomic E-state index is 10.8. The third-order valence-electron chi connectivity index (χ3n) is 3.36.